The van der Waals surface area contributed by atoms with Crippen LogP contribution in [0.3, 0.4) is 0 Å². The number of rotatable bonds is 75. The number of ether oxygens (including phenoxy) is 2. The van der Waals surface area contributed by atoms with E-state index in [4.69, 9.17) is 9.47 Å². The van der Waals surface area contributed by atoms with Crippen molar-refractivity contribution >= 4 is 5.91 Å². The molecular formula is C86H161NO8. The van der Waals surface area contributed by atoms with Gasteiger partial charge in [-0.05, 0) is 57.8 Å². The molecule has 0 saturated carbocycles. The van der Waals surface area contributed by atoms with Crippen LogP contribution < -0.4 is 5.32 Å². The smallest absolute Gasteiger partial charge is 0.220 e. The van der Waals surface area contributed by atoms with Crippen molar-refractivity contribution in [2.75, 3.05) is 13.2 Å². The molecule has 1 rings (SSSR count). The molecule has 9 heteroatoms. The molecule has 558 valence electrons. The van der Waals surface area contributed by atoms with Crippen LogP contribution in [-0.2, 0) is 14.3 Å². The third-order valence-corrected chi connectivity index (χ3v) is 20.1. The van der Waals surface area contributed by atoms with E-state index in [0.29, 0.717) is 12.8 Å². The second kappa shape index (κ2) is 74.6. The molecule has 0 aromatic rings. The topological polar surface area (TPSA) is 149 Å². The molecule has 1 heterocycles. The second-order valence-corrected chi connectivity index (χ2v) is 29.3. The van der Waals surface area contributed by atoms with Crippen molar-refractivity contribution < 1.29 is 39.8 Å². The zero-order chi connectivity index (χ0) is 68.5. The van der Waals surface area contributed by atoms with Gasteiger partial charge in [-0.1, -0.05) is 421 Å². The summed E-state index contributed by atoms with van der Waals surface area (Å²) in [6.07, 6.45) is 97.8. The molecule has 1 aliphatic heterocycles. The van der Waals surface area contributed by atoms with Crippen LogP contribution in [0.5, 0.6) is 0 Å². The monoisotopic (exact) mass is 1340 g/mol. The van der Waals surface area contributed by atoms with Crippen LogP contribution in [0, 0.1) is 0 Å². The third-order valence-electron chi connectivity index (χ3n) is 20.1. The summed E-state index contributed by atoms with van der Waals surface area (Å²) in [7, 11) is 0. The first-order valence-electron chi connectivity index (χ1n) is 42.0. The second-order valence-electron chi connectivity index (χ2n) is 29.3. The minimum atomic E-state index is -1.55. The van der Waals surface area contributed by atoms with Gasteiger partial charge in [-0.3, -0.25) is 4.79 Å². The number of allylic oxidation sites excluding steroid dienone is 10. The summed E-state index contributed by atoms with van der Waals surface area (Å²) >= 11 is 0. The van der Waals surface area contributed by atoms with Gasteiger partial charge in [-0.25, -0.2) is 0 Å². The van der Waals surface area contributed by atoms with Crippen molar-refractivity contribution in [3.8, 4) is 0 Å². The molecule has 0 aromatic carbocycles. The molecular weight excluding hydrogens is 1170 g/mol. The maximum atomic E-state index is 13.2. The summed E-state index contributed by atoms with van der Waals surface area (Å²) in [6.45, 7) is 3.79. The Morgan fingerprint density at radius 1 is 0.368 bits per heavy atom. The molecule has 1 amide bonds. The highest BCUT2D eigenvalue weighted by atomic mass is 16.7. The van der Waals surface area contributed by atoms with Crippen molar-refractivity contribution in [1.29, 1.82) is 0 Å². The third kappa shape index (κ3) is 62.6. The predicted octanol–water partition coefficient (Wildman–Crippen LogP) is 24.4. The lowest BCUT2D eigenvalue weighted by atomic mass is 9.99. The van der Waals surface area contributed by atoms with Gasteiger partial charge in [0.25, 0.3) is 0 Å². The van der Waals surface area contributed by atoms with Crippen LogP contribution in [0.1, 0.15) is 425 Å². The van der Waals surface area contributed by atoms with Crippen molar-refractivity contribution in [3.05, 3.63) is 60.8 Å². The SMILES string of the molecule is CC/C=C\C/C=C\C/C=C\C/C=C\C/C=C\CCCCCCCCCCCCCCCCCCCCCCCCCCCC(=O)NC(COC1OC(CO)C(O)C(O)C1O)C(O)CCCCCCCCCCCCCCCCCCCCCCCCCCCCCCCCC. The van der Waals surface area contributed by atoms with E-state index in [-0.39, 0.29) is 12.5 Å². The highest BCUT2D eigenvalue weighted by Crippen LogP contribution is 2.24. The number of unbranched alkanes of at least 4 members (excludes halogenated alkanes) is 55. The molecule has 95 heavy (non-hydrogen) atoms. The maximum Gasteiger partial charge on any atom is 0.220 e. The van der Waals surface area contributed by atoms with E-state index in [1.807, 2.05) is 0 Å². The number of amides is 1. The Hall–Kier alpha value is -2.11. The van der Waals surface area contributed by atoms with Crippen molar-refractivity contribution in [2.45, 2.75) is 468 Å². The summed E-state index contributed by atoms with van der Waals surface area (Å²) in [5.41, 5.74) is 0. The summed E-state index contributed by atoms with van der Waals surface area (Å²) in [5, 5.41) is 55.2. The molecule has 0 spiro atoms. The lowest BCUT2D eigenvalue weighted by molar-refractivity contribution is -0.302. The van der Waals surface area contributed by atoms with Crippen LogP contribution in [0.15, 0.2) is 60.8 Å². The van der Waals surface area contributed by atoms with Gasteiger partial charge in [-0.15, -0.1) is 0 Å². The Bertz CT molecular complexity index is 1700. The molecule has 0 radical (unpaired) electrons. The molecule has 1 saturated heterocycles. The zero-order valence-electron chi connectivity index (χ0n) is 62.9. The quantitative estimate of drug-likeness (QED) is 0.0261. The summed E-state index contributed by atoms with van der Waals surface area (Å²) in [5.74, 6) is -0.135. The lowest BCUT2D eigenvalue weighted by Crippen LogP contribution is -2.60. The largest absolute Gasteiger partial charge is 0.394 e. The Kier molecular flexibility index (Phi) is 71.4. The van der Waals surface area contributed by atoms with E-state index in [9.17, 15) is 30.3 Å². The van der Waals surface area contributed by atoms with Crippen molar-refractivity contribution in [3.63, 3.8) is 0 Å². The fourth-order valence-corrected chi connectivity index (χ4v) is 13.7. The highest BCUT2D eigenvalue weighted by Gasteiger charge is 2.44. The molecule has 0 bridgehead atoms. The Labute approximate surface area is 589 Å². The van der Waals surface area contributed by atoms with Gasteiger partial charge in [0, 0.05) is 6.42 Å². The molecule has 0 aromatic heterocycles. The first-order valence-corrected chi connectivity index (χ1v) is 42.0. The summed E-state index contributed by atoms with van der Waals surface area (Å²) in [6, 6.07) is -0.720. The lowest BCUT2D eigenvalue weighted by Gasteiger charge is -2.40. The van der Waals surface area contributed by atoms with E-state index >= 15 is 0 Å². The van der Waals surface area contributed by atoms with Gasteiger partial charge in [0.2, 0.25) is 5.91 Å². The molecule has 9 nitrogen and oxygen atoms in total. The van der Waals surface area contributed by atoms with E-state index in [0.717, 1.165) is 70.6 Å². The summed E-state index contributed by atoms with van der Waals surface area (Å²) in [4.78, 5) is 13.2. The van der Waals surface area contributed by atoms with Crippen molar-refractivity contribution in [1.82, 2.24) is 5.32 Å². The number of carbonyl (C=O) groups is 1. The first-order chi connectivity index (χ1) is 46.8. The number of nitrogens with one attached hydrogen (secondary N) is 1. The van der Waals surface area contributed by atoms with Gasteiger partial charge in [0.1, 0.15) is 24.4 Å². The normalized spacial score (nSPS) is 17.7. The van der Waals surface area contributed by atoms with E-state index in [2.05, 4.69) is 79.9 Å². The number of aliphatic hydroxyl groups is 5. The standard InChI is InChI=1S/C86H161NO8/c1-3-5-7-9-11-13-15-17-19-21-23-25-27-29-31-33-35-36-37-38-39-40-41-42-43-44-46-48-50-52-54-56-58-60-62-64-66-68-70-72-74-76-82(90)87-79(78-94-86-85(93)84(92)83(91)81(77-88)95-86)80(89)75-73-71-69-67-65-63-61-59-57-55-53-51-49-47-45-34-32-30-28-26-24-22-20-18-16-14-12-10-8-6-4-2/h5,7,11,13,17,19,23,25,29,31,79-81,83-86,88-89,91-93H,3-4,6,8-10,12,14-16,18,20-22,24,26-28,30,32-78H2,1-2H3,(H,87,90)/b7-5-,13-11-,19-17-,25-23-,31-29-. The van der Waals surface area contributed by atoms with Gasteiger partial charge in [0.15, 0.2) is 6.29 Å². The maximum absolute atomic E-state index is 13.2. The van der Waals surface area contributed by atoms with Crippen LogP contribution in [-0.4, -0.2) is 87.5 Å². The minimum Gasteiger partial charge on any atom is -0.394 e. The minimum absolute atomic E-state index is 0.133. The highest BCUT2D eigenvalue weighted by molar-refractivity contribution is 5.76. The Balaban J connectivity index is 2.02. The average molecular weight is 1340 g/mol. The molecule has 0 aliphatic carbocycles. The van der Waals surface area contributed by atoms with Crippen molar-refractivity contribution in [2.24, 2.45) is 0 Å². The van der Waals surface area contributed by atoms with E-state index < -0.39 is 49.5 Å². The number of aliphatic hydroxyl groups excluding tert-OH is 5. The van der Waals surface area contributed by atoms with Crippen LogP contribution in [0.2, 0.25) is 0 Å². The number of hydrogen-bond donors (Lipinski definition) is 6. The van der Waals surface area contributed by atoms with Gasteiger partial charge in [-0.2, -0.15) is 0 Å². The molecule has 1 fully saturated rings. The molecule has 6 N–H and O–H groups in total. The number of carbonyl (C=O) groups excluding carboxylic acids is 1. The fourth-order valence-electron chi connectivity index (χ4n) is 13.7. The van der Waals surface area contributed by atoms with Crippen LogP contribution in [0.25, 0.3) is 0 Å². The van der Waals surface area contributed by atoms with E-state index in [1.165, 1.54) is 327 Å². The van der Waals surface area contributed by atoms with Crippen LogP contribution in [0.4, 0.5) is 0 Å². The Morgan fingerprint density at radius 2 is 0.653 bits per heavy atom. The molecule has 1 aliphatic rings. The number of hydrogen-bond acceptors (Lipinski definition) is 8. The fraction of sp³-hybridized carbons (Fsp3) is 0.872. The van der Waals surface area contributed by atoms with Gasteiger partial charge in [0.05, 0.1) is 25.4 Å². The average Bonchev–Trinajstić information content (AvgIpc) is 0.836. The predicted molar refractivity (Wildman–Crippen MR) is 410 cm³/mol. The van der Waals surface area contributed by atoms with Gasteiger partial charge < -0.3 is 40.3 Å². The first kappa shape index (κ1) is 90.9. The summed E-state index contributed by atoms with van der Waals surface area (Å²) < 4.78 is 11.4. The zero-order valence-corrected chi connectivity index (χ0v) is 62.9. The van der Waals surface area contributed by atoms with Gasteiger partial charge >= 0.3 is 0 Å². The molecule has 7 atom stereocenters. The molecule has 7 unspecified atom stereocenters. The van der Waals surface area contributed by atoms with E-state index in [1.54, 1.807) is 0 Å². The Morgan fingerprint density at radius 3 is 0.968 bits per heavy atom. The van der Waals surface area contributed by atoms with Crippen LogP contribution >= 0.6 is 0 Å².